The first-order chi connectivity index (χ1) is 9.61. The van der Waals surface area contributed by atoms with Gasteiger partial charge in [0.2, 0.25) is 0 Å². The van der Waals surface area contributed by atoms with Crippen molar-refractivity contribution in [3.8, 4) is 0 Å². The van der Waals surface area contributed by atoms with Gasteiger partial charge in [0.1, 0.15) is 5.69 Å². The first kappa shape index (κ1) is 14.5. The monoisotopic (exact) mass is 281 g/mol. The number of aliphatic hydroxyl groups is 1. The Bertz CT molecular complexity index is 473. The van der Waals surface area contributed by atoms with Crippen LogP contribution in [0.5, 0.6) is 0 Å². The molecule has 0 radical (unpaired) electrons. The second-order valence-corrected chi connectivity index (χ2v) is 5.05. The zero-order valence-electron chi connectivity index (χ0n) is 11.6. The molecule has 1 heterocycles. The van der Waals surface area contributed by atoms with Crippen molar-refractivity contribution in [3.63, 3.8) is 0 Å². The highest BCUT2D eigenvalue weighted by Gasteiger charge is 2.20. The minimum absolute atomic E-state index is 0.0435. The number of hydrogen-bond acceptors (Lipinski definition) is 5. The molecule has 1 fully saturated rings. The van der Waals surface area contributed by atoms with E-state index in [2.05, 4.69) is 17.3 Å². The molecular formula is C13H21N4O3+. The number of benzene rings is 1. The summed E-state index contributed by atoms with van der Waals surface area (Å²) in [5.41, 5.74) is 1.50. The molecule has 1 aliphatic rings. The quantitative estimate of drug-likeness (QED) is 0.493. The molecule has 1 aliphatic heterocycles. The molecule has 0 spiro atoms. The van der Waals surface area contributed by atoms with Crippen molar-refractivity contribution >= 4 is 17.1 Å². The van der Waals surface area contributed by atoms with Gasteiger partial charge in [-0.1, -0.05) is 0 Å². The molecule has 1 aromatic carbocycles. The van der Waals surface area contributed by atoms with Gasteiger partial charge in [-0.3, -0.25) is 10.1 Å². The maximum atomic E-state index is 11.0. The van der Waals surface area contributed by atoms with Crippen molar-refractivity contribution in [2.75, 3.05) is 56.6 Å². The van der Waals surface area contributed by atoms with Gasteiger partial charge in [-0.25, -0.2) is 0 Å². The lowest BCUT2D eigenvalue weighted by Crippen LogP contribution is -3.12. The summed E-state index contributed by atoms with van der Waals surface area (Å²) in [5.74, 6) is 0. The Balaban J connectivity index is 2.20. The van der Waals surface area contributed by atoms with Gasteiger partial charge >= 0.3 is 0 Å². The zero-order valence-corrected chi connectivity index (χ0v) is 11.6. The first-order valence-electron chi connectivity index (χ1n) is 6.81. The maximum Gasteiger partial charge on any atom is 0.292 e. The molecular weight excluding hydrogens is 260 g/mol. The molecule has 0 aromatic heterocycles. The number of nitrogens with zero attached hydrogens (tertiary/aromatic N) is 2. The molecule has 0 saturated carbocycles. The standard InChI is InChI=1S/C13H20N4O3/c1-15-5-7-16(8-6-15)11-2-3-13(17(19)20)12(10-11)14-4-9-18/h2-3,10,14,18H,4-9H2,1H3/p+1. The average molecular weight is 281 g/mol. The van der Waals surface area contributed by atoms with Crippen molar-refractivity contribution in [2.24, 2.45) is 0 Å². The van der Waals surface area contributed by atoms with Gasteiger partial charge < -0.3 is 20.2 Å². The van der Waals surface area contributed by atoms with E-state index in [4.69, 9.17) is 5.11 Å². The fraction of sp³-hybridized carbons (Fsp3) is 0.538. The second-order valence-electron chi connectivity index (χ2n) is 5.05. The minimum Gasteiger partial charge on any atom is -0.395 e. The van der Waals surface area contributed by atoms with Crippen LogP contribution < -0.4 is 15.1 Å². The summed E-state index contributed by atoms with van der Waals surface area (Å²) in [5, 5.41) is 22.8. The van der Waals surface area contributed by atoms with Gasteiger partial charge in [-0.15, -0.1) is 0 Å². The van der Waals surface area contributed by atoms with E-state index >= 15 is 0 Å². The second kappa shape index (κ2) is 6.53. The number of nitro benzene ring substituents is 1. The highest BCUT2D eigenvalue weighted by molar-refractivity contribution is 5.69. The van der Waals surface area contributed by atoms with Crippen LogP contribution in [0.4, 0.5) is 17.1 Å². The van der Waals surface area contributed by atoms with E-state index in [0.29, 0.717) is 12.2 Å². The van der Waals surface area contributed by atoms with Gasteiger partial charge in [0.05, 0.1) is 44.8 Å². The van der Waals surface area contributed by atoms with Crippen LogP contribution in [0.15, 0.2) is 18.2 Å². The van der Waals surface area contributed by atoms with E-state index in [0.717, 1.165) is 31.9 Å². The molecule has 1 saturated heterocycles. The number of nitrogens with one attached hydrogen (secondary N) is 2. The van der Waals surface area contributed by atoms with Crippen LogP contribution >= 0.6 is 0 Å². The number of quaternary nitrogens is 1. The van der Waals surface area contributed by atoms with Gasteiger partial charge in [-0.05, 0) is 12.1 Å². The van der Waals surface area contributed by atoms with Crippen LogP contribution in [0.25, 0.3) is 0 Å². The van der Waals surface area contributed by atoms with Crippen LogP contribution in [-0.4, -0.2) is 56.4 Å². The largest absolute Gasteiger partial charge is 0.395 e. The summed E-state index contributed by atoms with van der Waals surface area (Å²) in [4.78, 5) is 14.3. The molecule has 0 amide bonds. The number of likely N-dealkylation sites (N-methyl/N-ethyl adjacent to an activating group) is 1. The predicted molar refractivity (Wildman–Crippen MR) is 77.5 cm³/mol. The van der Waals surface area contributed by atoms with Crippen LogP contribution in [0.2, 0.25) is 0 Å². The van der Waals surface area contributed by atoms with E-state index in [1.165, 1.54) is 11.0 Å². The Labute approximate surface area is 117 Å². The summed E-state index contributed by atoms with van der Waals surface area (Å²) in [6, 6.07) is 5.12. The van der Waals surface area contributed by atoms with E-state index in [9.17, 15) is 10.1 Å². The molecule has 0 bridgehead atoms. The van der Waals surface area contributed by atoms with Gasteiger partial charge in [0, 0.05) is 18.3 Å². The van der Waals surface area contributed by atoms with E-state index in [1.807, 2.05) is 0 Å². The molecule has 2 rings (SSSR count). The third-order valence-electron chi connectivity index (χ3n) is 3.59. The Hall–Kier alpha value is -1.86. The number of aliphatic hydroxyl groups excluding tert-OH is 1. The molecule has 0 aliphatic carbocycles. The number of piperazine rings is 1. The van der Waals surface area contributed by atoms with Crippen LogP contribution in [0.1, 0.15) is 0 Å². The highest BCUT2D eigenvalue weighted by atomic mass is 16.6. The lowest BCUT2D eigenvalue weighted by atomic mass is 10.2. The summed E-state index contributed by atoms with van der Waals surface area (Å²) in [6.45, 7) is 4.27. The first-order valence-corrected chi connectivity index (χ1v) is 6.81. The van der Waals surface area contributed by atoms with Gasteiger partial charge in [0.15, 0.2) is 0 Å². The molecule has 110 valence electrons. The molecule has 0 atom stereocenters. The molecule has 1 aromatic rings. The fourth-order valence-corrected chi connectivity index (χ4v) is 2.36. The van der Waals surface area contributed by atoms with Gasteiger partial charge in [0.25, 0.3) is 5.69 Å². The lowest BCUT2D eigenvalue weighted by Gasteiger charge is -2.31. The zero-order chi connectivity index (χ0) is 14.5. The maximum absolute atomic E-state index is 11.0. The summed E-state index contributed by atoms with van der Waals surface area (Å²) in [7, 11) is 2.17. The van der Waals surface area contributed by atoms with Gasteiger partial charge in [-0.2, -0.15) is 0 Å². The van der Waals surface area contributed by atoms with Crippen LogP contribution in [-0.2, 0) is 0 Å². The van der Waals surface area contributed by atoms with Crippen molar-refractivity contribution in [3.05, 3.63) is 28.3 Å². The average Bonchev–Trinajstić information content (AvgIpc) is 2.45. The topological polar surface area (TPSA) is 83.1 Å². The number of rotatable bonds is 5. The van der Waals surface area contributed by atoms with E-state index in [1.54, 1.807) is 12.1 Å². The molecule has 3 N–H and O–H groups in total. The van der Waals surface area contributed by atoms with Crippen molar-refractivity contribution in [1.29, 1.82) is 0 Å². The third-order valence-corrected chi connectivity index (χ3v) is 3.59. The lowest BCUT2D eigenvalue weighted by molar-refractivity contribution is -0.880. The number of nitro groups is 1. The summed E-state index contributed by atoms with van der Waals surface area (Å²) < 4.78 is 0. The van der Waals surface area contributed by atoms with E-state index in [-0.39, 0.29) is 12.3 Å². The number of anilines is 2. The predicted octanol–water partition coefficient (Wildman–Crippen LogP) is -0.666. The van der Waals surface area contributed by atoms with Crippen LogP contribution in [0.3, 0.4) is 0 Å². The third kappa shape index (κ3) is 3.37. The smallest absolute Gasteiger partial charge is 0.292 e. The summed E-state index contributed by atoms with van der Waals surface area (Å²) >= 11 is 0. The number of hydrogen-bond donors (Lipinski definition) is 3. The Morgan fingerprint density at radius 1 is 1.45 bits per heavy atom. The van der Waals surface area contributed by atoms with Crippen molar-refractivity contribution < 1.29 is 14.9 Å². The fourth-order valence-electron chi connectivity index (χ4n) is 2.36. The van der Waals surface area contributed by atoms with E-state index < -0.39 is 4.92 Å². The van der Waals surface area contributed by atoms with Crippen molar-refractivity contribution in [2.45, 2.75) is 0 Å². The summed E-state index contributed by atoms with van der Waals surface area (Å²) in [6.07, 6.45) is 0. The minimum atomic E-state index is -0.405. The normalized spacial score (nSPS) is 16.2. The van der Waals surface area contributed by atoms with Crippen molar-refractivity contribution in [1.82, 2.24) is 0 Å². The Morgan fingerprint density at radius 3 is 2.75 bits per heavy atom. The SMILES string of the molecule is C[NH+]1CCN(c2ccc([N+](=O)[O-])c(NCCO)c2)CC1. The molecule has 0 unspecified atom stereocenters. The highest BCUT2D eigenvalue weighted by Crippen LogP contribution is 2.29. The molecule has 7 heteroatoms. The molecule has 20 heavy (non-hydrogen) atoms. The Morgan fingerprint density at radius 2 is 2.15 bits per heavy atom. The Kier molecular flexibility index (Phi) is 4.75. The van der Waals surface area contributed by atoms with Crippen LogP contribution in [0, 0.1) is 10.1 Å². The molecule has 7 nitrogen and oxygen atoms in total.